The predicted octanol–water partition coefficient (Wildman–Crippen LogP) is 3.62. The van der Waals surface area contributed by atoms with Crippen molar-refractivity contribution in [3.05, 3.63) is 63.6 Å². The Hall–Kier alpha value is -2.84. The number of pyridine rings is 1. The van der Waals surface area contributed by atoms with E-state index in [9.17, 15) is 10.1 Å². The number of hydrogen-bond donors (Lipinski definition) is 0. The van der Waals surface area contributed by atoms with E-state index in [0.717, 1.165) is 31.0 Å². The van der Waals surface area contributed by atoms with Crippen LogP contribution in [0.1, 0.15) is 12.6 Å². The monoisotopic (exact) mass is 415 g/mol. The van der Waals surface area contributed by atoms with Gasteiger partial charge in [-0.3, -0.25) is 15.0 Å². The number of nitro groups is 1. The van der Waals surface area contributed by atoms with Crippen LogP contribution in [0, 0.1) is 10.1 Å². The second kappa shape index (κ2) is 8.26. The van der Waals surface area contributed by atoms with Gasteiger partial charge in [0, 0.05) is 45.1 Å². The van der Waals surface area contributed by atoms with Crippen LogP contribution in [0.15, 0.2) is 42.7 Å². The molecule has 2 aromatic heterocycles. The highest BCUT2D eigenvalue weighted by atomic mass is 35.5. The number of aromatic nitrogens is 2. The van der Waals surface area contributed by atoms with Gasteiger partial charge in [0.25, 0.3) is 0 Å². The van der Waals surface area contributed by atoms with E-state index in [1.165, 1.54) is 0 Å². The van der Waals surface area contributed by atoms with Crippen LogP contribution in [0.25, 0.3) is 5.65 Å². The molecule has 0 aliphatic carbocycles. The van der Waals surface area contributed by atoms with Gasteiger partial charge >= 0.3 is 5.69 Å². The minimum atomic E-state index is -0.353. The molecule has 3 heterocycles. The summed E-state index contributed by atoms with van der Waals surface area (Å²) in [7, 11) is 0. The highest BCUT2D eigenvalue weighted by Crippen LogP contribution is 2.37. The maximum absolute atomic E-state index is 11.6. The molecule has 152 valence electrons. The Morgan fingerprint density at radius 3 is 2.69 bits per heavy atom. The number of fused-ring (bicyclic) bond motifs is 1. The van der Waals surface area contributed by atoms with Crippen LogP contribution < -0.4 is 9.64 Å². The van der Waals surface area contributed by atoms with Gasteiger partial charge in [0.05, 0.1) is 22.2 Å². The highest BCUT2D eigenvalue weighted by molar-refractivity contribution is 6.30. The first kappa shape index (κ1) is 19.5. The van der Waals surface area contributed by atoms with Gasteiger partial charge in [-0.1, -0.05) is 17.7 Å². The number of anilines is 1. The minimum absolute atomic E-state index is 0.0417. The fourth-order valence-electron chi connectivity index (χ4n) is 3.69. The zero-order chi connectivity index (χ0) is 20.4. The fraction of sp³-hybridized carbons (Fsp3) is 0.350. The van der Waals surface area contributed by atoms with Crippen LogP contribution in [0.4, 0.5) is 11.4 Å². The molecule has 0 atom stereocenters. The van der Waals surface area contributed by atoms with E-state index in [0.29, 0.717) is 36.2 Å². The largest absolute Gasteiger partial charge is 0.487 e. The average Bonchev–Trinajstić information content (AvgIpc) is 3.09. The van der Waals surface area contributed by atoms with Crippen LogP contribution >= 0.6 is 11.6 Å². The van der Waals surface area contributed by atoms with Crippen LogP contribution in [0.2, 0.25) is 5.02 Å². The Morgan fingerprint density at radius 1 is 1.17 bits per heavy atom. The third-order valence-electron chi connectivity index (χ3n) is 5.02. The lowest BCUT2D eigenvalue weighted by Crippen LogP contribution is -2.46. The first-order valence-electron chi connectivity index (χ1n) is 9.56. The van der Waals surface area contributed by atoms with Crippen molar-refractivity contribution < 1.29 is 9.66 Å². The number of ether oxygens (including phenoxy) is 1. The van der Waals surface area contributed by atoms with Gasteiger partial charge in [0.1, 0.15) is 11.3 Å². The van der Waals surface area contributed by atoms with E-state index in [1.54, 1.807) is 12.1 Å². The summed E-state index contributed by atoms with van der Waals surface area (Å²) in [5.74, 6) is 0.320. The Balaban J connectivity index is 1.45. The molecule has 3 aromatic rings. The molecule has 1 aliphatic rings. The van der Waals surface area contributed by atoms with E-state index in [2.05, 4.69) is 14.8 Å². The molecule has 1 fully saturated rings. The molecule has 0 amide bonds. The molecule has 0 spiro atoms. The molecule has 4 rings (SSSR count). The van der Waals surface area contributed by atoms with Crippen molar-refractivity contribution in [2.24, 2.45) is 0 Å². The number of rotatable bonds is 6. The molecule has 0 bridgehead atoms. The van der Waals surface area contributed by atoms with Gasteiger partial charge < -0.3 is 14.0 Å². The van der Waals surface area contributed by atoms with Crippen molar-refractivity contribution >= 4 is 28.6 Å². The highest BCUT2D eigenvalue weighted by Gasteiger charge is 2.27. The van der Waals surface area contributed by atoms with Crippen LogP contribution in [0.5, 0.6) is 5.75 Å². The van der Waals surface area contributed by atoms with E-state index in [-0.39, 0.29) is 10.6 Å². The average molecular weight is 416 g/mol. The number of hydrogen-bond acceptors (Lipinski definition) is 6. The third-order valence-corrected chi connectivity index (χ3v) is 5.25. The van der Waals surface area contributed by atoms with Crippen molar-refractivity contribution in [1.82, 2.24) is 14.3 Å². The Bertz CT molecular complexity index is 1030. The molecule has 0 radical (unpaired) electrons. The molecule has 1 saturated heterocycles. The summed E-state index contributed by atoms with van der Waals surface area (Å²) in [6.07, 6.45) is 3.83. The summed E-state index contributed by atoms with van der Waals surface area (Å²) in [5, 5.41) is 12.3. The van der Waals surface area contributed by atoms with E-state index < -0.39 is 0 Å². The van der Waals surface area contributed by atoms with Gasteiger partial charge in [-0.05, 0) is 31.2 Å². The summed E-state index contributed by atoms with van der Waals surface area (Å²) in [5.41, 5.74) is 2.50. The molecule has 1 aliphatic heterocycles. The first-order chi connectivity index (χ1) is 14.0. The molecule has 0 saturated carbocycles. The minimum Gasteiger partial charge on any atom is -0.487 e. The van der Waals surface area contributed by atoms with Crippen molar-refractivity contribution in [3.63, 3.8) is 0 Å². The van der Waals surface area contributed by atoms with E-state index >= 15 is 0 Å². The summed E-state index contributed by atoms with van der Waals surface area (Å²) >= 11 is 6.04. The molecule has 9 heteroatoms. The van der Waals surface area contributed by atoms with Gasteiger partial charge in [-0.15, -0.1) is 0 Å². The van der Waals surface area contributed by atoms with E-state index in [1.807, 2.05) is 41.9 Å². The Labute approximate surface area is 173 Å². The SMILES string of the molecule is CCOc1cccc(N2CCN(Cc3cn4cc(Cl)ccc4n3)CC2)c1[N+](=O)[O-]. The second-order valence-corrected chi connectivity index (χ2v) is 7.36. The summed E-state index contributed by atoms with van der Waals surface area (Å²) < 4.78 is 7.40. The van der Waals surface area contributed by atoms with Crippen molar-refractivity contribution in [1.29, 1.82) is 0 Å². The van der Waals surface area contributed by atoms with Crippen LogP contribution in [0.3, 0.4) is 0 Å². The predicted molar refractivity (Wildman–Crippen MR) is 112 cm³/mol. The number of piperazine rings is 1. The molecular weight excluding hydrogens is 394 g/mol. The van der Waals surface area contributed by atoms with Crippen LogP contribution in [-0.4, -0.2) is 52.0 Å². The normalized spacial score (nSPS) is 15.0. The van der Waals surface area contributed by atoms with Gasteiger partial charge in [0.15, 0.2) is 5.75 Å². The van der Waals surface area contributed by atoms with Crippen molar-refractivity contribution in [2.75, 3.05) is 37.7 Å². The first-order valence-corrected chi connectivity index (χ1v) is 9.93. The lowest BCUT2D eigenvalue weighted by atomic mass is 10.2. The molecule has 1 aromatic carbocycles. The number of benzene rings is 1. The molecule has 0 unspecified atom stereocenters. The third kappa shape index (κ3) is 4.13. The zero-order valence-corrected chi connectivity index (χ0v) is 16.9. The van der Waals surface area contributed by atoms with Gasteiger partial charge in [-0.25, -0.2) is 4.98 Å². The number of imidazole rings is 1. The van der Waals surface area contributed by atoms with Gasteiger partial charge in [0.2, 0.25) is 0 Å². The lowest BCUT2D eigenvalue weighted by molar-refractivity contribution is -0.385. The maximum Gasteiger partial charge on any atom is 0.333 e. The van der Waals surface area contributed by atoms with E-state index in [4.69, 9.17) is 16.3 Å². The second-order valence-electron chi connectivity index (χ2n) is 6.92. The topological polar surface area (TPSA) is 76.2 Å². The Kier molecular flexibility index (Phi) is 5.55. The standard InChI is InChI=1S/C20H22ClN5O3/c1-2-29-18-5-3-4-17(20(18)26(27)28)24-10-8-23(9-11-24)13-16-14-25-12-15(21)6-7-19(25)22-16/h3-7,12,14H,2,8-11,13H2,1H3. The smallest absolute Gasteiger partial charge is 0.333 e. The Morgan fingerprint density at radius 2 is 1.97 bits per heavy atom. The summed E-state index contributed by atoms with van der Waals surface area (Å²) in [4.78, 5) is 20.3. The number of para-hydroxylation sites is 1. The quantitative estimate of drug-likeness (QED) is 0.452. The number of nitrogens with zero attached hydrogens (tertiary/aromatic N) is 5. The van der Waals surface area contributed by atoms with Crippen molar-refractivity contribution in [2.45, 2.75) is 13.5 Å². The molecule has 29 heavy (non-hydrogen) atoms. The summed E-state index contributed by atoms with van der Waals surface area (Å²) in [6, 6.07) is 8.98. The molecule has 0 N–H and O–H groups in total. The lowest BCUT2D eigenvalue weighted by Gasteiger charge is -2.35. The van der Waals surface area contributed by atoms with Crippen molar-refractivity contribution in [3.8, 4) is 5.75 Å². The maximum atomic E-state index is 11.6. The zero-order valence-electron chi connectivity index (χ0n) is 16.1. The number of nitro benzene ring substituents is 1. The molecular formula is C20H22ClN5O3. The fourth-order valence-corrected chi connectivity index (χ4v) is 3.86. The van der Waals surface area contributed by atoms with Crippen LogP contribution in [-0.2, 0) is 6.54 Å². The number of halogens is 1. The van der Waals surface area contributed by atoms with Gasteiger partial charge in [-0.2, -0.15) is 0 Å². The molecule has 8 nitrogen and oxygen atoms in total. The summed E-state index contributed by atoms with van der Waals surface area (Å²) in [6.45, 7) is 5.94.